The molecule has 0 aromatic heterocycles. The van der Waals surface area contributed by atoms with Crippen LogP contribution in [0.25, 0.3) is 0 Å². The van der Waals surface area contributed by atoms with E-state index in [0.29, 0.717) is 25.2 Å². The molecule has 3 rings (SSSR count). The normalized spacial score (nSPS) is 22.7. The van der Waals surface area contributed by atoms with Crippen molar-refractivity contribution in [3.8, 4) is 17.6 Å². The van der Waals surface area contributed by atoms with Gasteiger partial charge in [-0.05, 0) is 61.3 Å². The Labute approximate surface area is 160 Å². The number of carbonyl (C=O) groups is 2. The minimum atomic E-state index is -0.855. The second-order valence-corrected chi connectivity index (χ2v) is 7.64. The van der Waals surface area contributed by atoms with Crippen molar-refractivity contribution in [2.45, 2.75) is 57.8 Å². The first-order valence-corrected chi connectivity index (χ1v) is 9.59. The lowest BCUT2D eigenvalue weighted by molar-refractivity contribution is -0.137. The molecule has 4 heteroatoms. The third-order valence-corrected chi connectivity index (χ3v) is 5.54. The molecule has 0 radical (unpaired) electrons. The maximum atomic E-state index is 11.7. The minimum Gasteiger partial charge on any atom is -0.489 e. The first-order valence-electron chi connectivity index (χ1n) is 9.59. The van der Waals surface area contributed by atoms with E-state index in [1.165, 1.54) is 5.57 Å². The van der Waals surface area contributed by atoms with Gasteiger partial charge in [-0.15, -0.1) is 5.92 Å². The highest BCUT2D eigenvalue weighted by Crippen LogP contribution is 2.45. The molecule has 1 saturated carbocycles. The predicted octanol–water partition coefficient (Wildman–Crippen LogP) is 4.50. The van der Waals surface area contributed by atoms with Crippen LogP contribution >= 0.6 is 0 Å². The van der Waals surface area contributed by atoms with E-state index in [9.17, 15) is 9.59 Å². The zero-order chi connectivity index (χ0) is 19.3. The summed E-state index contributed by atoms with van der Waals surface area (Å²) in [5, 5.41) is 9.04. The van der Waals surface area contributed by atoms with Crippen LogP contribution in [-0.2, 0) is 9.59 Å². The molecule has 1 spiro atoms. The number of ketones is 1. The number of carboxylic acid groups (broad SMARTS) is 1. The zero-order valence-electron chi connectivity index (χ0n) is 15.8. The predicted molar refractivity (Wildman–Crippen MR) is 104 cm³/mol. The van der Waals surface area contributed by atoms with Gasteiger partial charge < -0.3 is 9.84 Å². The van der Waals surface area contributed by atoms with Crippen LogP contribution in [0.4, 0.5) is 0 Å². The number of allylic oxidation sites excluding steroid dienone is 1. The third kappa shape index (κ3) is 5.01. The van der Waals surface area contributed by atoms with E-state index in [4.69, 9.17) is 9.84 Å². The highest BCUT2D eigenvalue weighted by molar-refractivity contribution is 5.82. The number of hydrogen-bond donors (Lipinski definition) is 1. The summed E-state index contributed by atoms with van der Waals surface area (Å²) >= 11 is 0. The lowest BCUT2D eigenvalue weighted by Crippen LogP contribution is -2.20. The molecule has 1 fully saturated rings. The summed E-state index contributed by atoms with van der Waals surface area (Å²) in [7, 11) is 0. The van der Waals surface area contributed by atoms with Crippen LogP contribution in [0, 0.1) is 17.3 Å². The molecule has 0 aliphatic heterocycles. The van der Waals surface area contributed by atoms with Crippen molar-refractivity contribution in [3.63, 3.8) is 0 Å². The Kier molecular flexibility index (Phi) is 6.01. The summed E-state index contributed by atoms with van der Waals surface area (Å²) in [5.41, 5.74) is 2.25. The molecule has 27 heavy (non-hydrogen) atoms. The van der Waals surface area contributed by atoms with Crippen LogP contribution in [0.2, 0.25) is 0 Å². The van der Waals surface area contributed by atoms with Crippen molar-refractivity contribution in [3.05, 3.63) is 41.5 Å². The first-order chi connectivity index (χ1) is 13.0. The van der Waals surface area contributed by atoms with Gasteiger partial charge in [0.2, 0.25) is 0 Å². The Balaban J connectivity index is 1.62. The van der Waals surface area contributed by atoms with Crippen molar-refractivity contribution >= 4 is 11.8 Å². The summed E-state index contributed by atoms with van der Waals surface area (Å²) < 4.78 is 5.95. The van der Waals surface area contributed by atoms with E-state index in [0.717, 1.165) is 37.0 Å². The van der Waals surface area contributed by atoms with Gasteiger partial charge >= 0.3 is 5.97 Å². The van der Waals surface area contributed by atoms with Crippen LogP contribution in [0.15, 0.2) is 35.9 Å². The minimum absolute atomic E-state index is 0.00523. The van der Waals surface area contributed by atoms with Crippen molar-refractivity contribution in [2.75, 3.05) is 6.61 Å². The van der Waals surface area contributed by atoms with Gasteiger partial charge in [-0.2, -0.15) is 0 Å². The molecular formula is C23H26O4. The van der Waals surface area contributed by atoms with Gasteiger partial charge in [0, 0.05) is 12.8 Å². The Morgan fingerprint density at radius 2 is 2.04 bits per heavy atom. The molecule has 1 unspecified atom stereocenters. The molecule has 0 saturated heterocycles. The number of carboxylic acids is 1. The van der Waals surface area contributed by atoms with E-state index < -0.39 is 5.97 Å². The van der Waals surface area contributed by atoms with Crippen LogP contribution in [0.3, 0.4) is 0 Å². The van der Waals surface area contributed by atoms with Crippen LogP contribution < -0.4 is 4.74 Å². The number of Topliss-reactive ketones (excluding diaryl/α,β-unsaturated/α-hetero) is 1. The second kappa shape index (κ2) is 8.43. The SMILES string of the molecule is CC#CC(CC(=O)O)c1ccc(OCC2=C[C@@]3(CCC2)CCC(=O)C3)cc1. The smallest absolute Gasteiger partial charge is 0.304 e. The van der Waals surface area contributed by atoms with E-state index >= 15 is 0 Å². The van der Waals surface area contributed by atoms with Gasteiger partial charge in [-0.3, -0.25) is 9.59 Å². The average Bonchev–Trinajstić information content (AvgIpc) is 2.99. The van der Waals surface area contributed by atoms with Gasteiger partial charge in [0.05, 0.1) is 12.3 Å². The monoisotopic (exact) mass is 366 g/mol. The Morgan fingerprint density at radius 3 is 2.67 bits per heavy atom. The Hall–Kier alpha value is -2.54. The highest BCUT2D eigenvalue weighted by Gasteiger charge is 2.38. The van der Waals surface area contributed by atoms with Gasteiger partial charge in [-0.1, -0.05) is 24.1 Å². The van der Waals surface area contributed by atoms with E-state index in [2.05, 4.69) is 17.9 Å². The first kappa shape index (κ1) is 19.2. The van der Waals surface area contributed by atoms with Crippen LogP contribution in [0.1, 0.15) is 63.4 Å². The van der Waals surface area contributed by atoms with Crippen LogP contribution in [0.5, 0.6) is 5.75 Å². The molecular weight excluding hydrogens is 340 g/mol. The maximum Gasteiger partial charge on any atom is 0.304 e. The summed E-state index contributed by atoms with van der Waals surface area (Å²) in [6.07, 6.45) is 7.94. The summed E-state index contributed by atoms with van der Waals surface area (Å²) in [5.74, 6) is 5.75. The van der Waals surface area contributed by atoms with Crippen molar-refractivity contribution in [1.29, 1.82) is 0 Å². The third-order valence-electron chi connectivity index (χ3n) is 5.54. The molecule has 0 amide bonds. The quantitative estimate of drug-likeness (QED) is 0.595. The lowest BCUT2D eigenvalue weighted by Gasteiger charge is -2.30. The molecule has 2 aliphatic carbocycles. The van der Waals surface area contributed by atoms with Crippen molar-refractivity contribution < 1.29 is 19.4 Å². The number of aliphatic carboxylic acids is 1. The fourth-order valence-corrected chi connectivity index (χ4v) is 4.23. The largest absolute Gasteiger partial charge is 0.489 e. The lowest BCUT2D eigenvalue weighted by atomic mass is 9.75. The summed E-state index contributed by atoms with van der Waals surface area (Å²) in [6.45, 7) is 2.26. The number of benzene rings is 1. The zero-order valence-corrected chi connectivity index (χ0v) is 15.8. The topological polar surface area (TPSA) is 63.6 Å². The molecule has 1 aromatic carbocycles. The summed E-state index contributed by atoms with van der Waals surface area (Å²) in [6, 6.07) is 7.53. The van der Waals surface area contributed by atoms with E-state index in [1.807, 2.05) is 24.3 Å². The number of hydrogen-bond acceptors (Lipinski definition) is 3. The highest BCUT2D eigenvalue weighted by atomic mass is 16.5. The molecule has 0 bridgehead atoms. The fraction of sp³-hybridized carbons (Fsp3) is 0.478. The maximum absolute atomic E-state index is 11.7. The number of carbonyl (C=O) groups excluding carboxylic acids is 1. The van der Waals surface area contributed by atoms with Gasteiger partial charge in [0.1, 0.15) is 18.1 Å². The Morgan fingerprint density at radius 1 is 1.26 bits per heavy atom. The Bertz CT molecular complexity index is 794. The fourth-order valence-electron chi connectivity index (χ4n) is 4.23. The van der Waals surface area contributed by atoms with Crippen LogP contribution in [-0.4, -0.2) is 23.5 Å². The number of ether oxygens (including phenoxy) is 1. The van der Waals surface area contributed by atoms with Gasteiger partial charge in [0.15, 0.2) is 0 Å². The number of rotatable bonds is 6. The molecule has 4 nitrogen and oxygen atoms in total. The van der Waals surface area contributed by atoms with Gasteiger partial charge in [-0.25, -0.2) is 0 Å². The molecule has 1 N–H and O–H groups in total. The molecule has 2 atom stereocenters. The standard InChI is InChI=1S/C23H26O4/c1-2-4-19(13-22(25)26)18-6-8-21(9-7-18)27-16-17-5-3-11-23(14-17)12-10-20(24)15-23/h6-9,14,19H,3,5,10-13,15-16H2,1H3,(H,25,26)/t19?,23-/m1/s1. The second-order valence-electron chi connectivity index (χ2n) is 7.64. The van der Waals surface area contributed by atoms with Crippen molar-refractivity contribution in [2.24, 2.45) is 5.41 Å². The van der Waals surface area contributed by atoms with E-state index in [-0.39, 0.29) is 17.8 Å². The van der Waals surface area contributed by atoms with E-state index in [1.54, 1.807) is 6.92 Å². The molecule has 142 valence electrons. The average molecular weight is 366 g/mol. The summed E-state index contributed by atoms with van der Waals surface area (Å²) in [4.78, 5) is 22.7. The van der Waals surface area contributed by atoms with Crippen molar-refractivity contribution in [1.82, 2.24) is 0 Å². The van der Waals surface area contributed by atoms with Gasteiger partial charge in [0.25, 0.3) is 0 Å². The molecule has 2 aliphatic rings. The molecule has 1 aromatic rings. The molecule has 0 heterocycles.